The van der Waals surface area contributed by atoms with Gasteiger partial charge in [-0.15, -0.1) is 0 Å². The van der Waals surface area contributed by atoms with E-state index in [-0.39, 0.29) is 17.2 Å². The lowest BCUT2D eigenvalue weighted by Gasteiger charge is -2.24. The maximum atomic E-state index is 13.7. The highest BCUT2D eigenvalue weighted by Crippen LogP contribution is 2.32. The van der Waals surface area contributed by atoms with E-state index in [4.69, 9.17) is 9.47 Å². The van der Waals surface area contributed by atoms with Gasteiger partial charge in [-0.1, -0.05) is 36.4 Å². The van der Waals surface area contributed by atoms with Gasteiger partial charge in [0.25, 0.3) is 10.0 Å². The number of carbonyl (C=O) groups is 1. The van der Waals surface area contributed by atoms with E-state index in [1.807, 2.05) is 35.0 Å². The topological polar surface area (TPSA) is 103 Å². The summed E-state index contributed by atoms with van der Waals surface area (Å²) in [6.45, 7) is -0.194. The second-order valence-electron chi connectivity index (χ2n) is 7.74. The minimum absolute atomic E-state index is 0.0257. The normalized spacial score (nSPS) is 11.1. The first-order chi connectivity index (χ1) is 17.4. The molecule has 4 aromatic rings. The molecule has 1 aromatic heterocycles. The Kier molecular flexibility index (Phi) is 7.55. The van der Waals surface area contributed by atoms with Crippen LogP contribution in [0.25, 0.3) is 5.69 Å². The van der Waals surface area contributed by atoms with Crippen molar-refractivity contribution in [3.05, 3.63) is 97.1 Å². The van der Waals surface area contributed by atoms with Crippen molar-refractivity contribution in [2.24, 2.45) is 0 Å². The van der Waals surface area contributed by atoms with Gasteiger partial charge >= 0.3 is 0 Å². The smallest absolute Gasteiger partial charge is 0.264 e. The molecule has 1 heterocycles. The zero-order valence-electron chi connectivity index (χ0n) is 19.9. The van der Waals surface area contributed by atoms with Crippen molar-refractivity contribution >= 4 is 21.6 Å². The number of hydrogen-bond acceptors (Lipinski definition) is 6. The van der Waals surface area contributed by atoms with Gasteiger partial charge in [0.1, 0.15) is 6.54 Å². The van der Waals surface area contributed by atoms with Crippen LogP contribution in [0.2, 0.25) is 0 Å². The summed E-state index contributed by atoms with van der Waals surface area (Å²) < 4.78 is 40.7. The second-order valence-corrected chi connectivity index (χ2v) is 9.60. The number of imidazole rings is 1. The molecule has 4 rings (SSSR count). The van der Waals surface area contributed by atoms with E-state index in [0.29, 0.717) is 11.4 Å². The molecule has 1 N–H and O–H groups in total. The van der Waals surface area contributed by atoms with Crippen molar-refractivity contribution in [3.8, 4) is 17.2 Å². The molecule has 0 radical (unpaired) electrons. The van der Waals surface area contributed by atoms with Gasteiger partial charge < -0.3 is 19.4 Å². The lowest BCUT2D eigenvalue weighted by molar-refractivity contribution is -0.119. The largest absolute Gasteiger partial charge is 0.493 e. The van der Waals surface area contributed by atoms with Crippen LogP contribution in [-0.2, 0) is 21.4 Å². The SMILES string of the molecule is COc1ccc(S(=O)(=O)N(CC(=O)NCc2ccccc2-n2ccnc2)c2ccccc2)cc1OC. The molecule has 0 aliphatic heterocycles. The molecule has 36 heavy (non-hydrogen) atoms. The predicted octanol–water partition coefficient (Wildman–Crippen LogP) is 3.40. The third-order valence-electron chi connectivity index (χ3n) is 5.52. The summed E-state index contributed by atoms with van der Waals surface area (Å²) in [5, 5.41) is 2.84. The summed E-state index contributed by atoms with van der Waals surface area (Å²) in [5.74, 6) is 0.215. The molecule has 0 aliphatic carbocycles. The zero-order chi connectivity index (χ0) is 25.5. The van der Waals surface area contributed by atoms with E-state index in [1.54, 1.807) is 42.9 Å². The van der Waals surface area contributed by atoms with Crippen LogP contribution >= 0.6 is 0 Å². The number of nitrogens with zero attached hydrogens (tertiary/aromatic N) is 3. The summed E-state index contributed by atoms with van der Waals surface area (Å²) in [4.78, 5) is 17.1. The van der Waals surface area contributed by atoms with Crippen molar-refractivity contribution in [1.82, 2.24) is 14.9 Å². The van der Waals surface area contributed by atoms with Gasteiger partial charge in [0.15, 0.2) is 11.5 Å². The van der Waals surface area contributed by atoms with Crippen LogP contribution in [-0.4, -0.2) is 44.6 Å². The second kappa shape index (κ2) is 11.0. The fourth-order valence-corrected chi connectivity index (χ4v) is 5.14. The third kappa shape index (κ3) is 5.33. The quantitative estimate of drug-likeness (QED) is 0.354. The maximum Gasteiger partial charge on any atom is 0.264 e. The molecule has 1 amide bonds. The maximum absolute atomic E-state index is 13.7. The van der Waals surface area contributed by atoms with Crippen molar-refractivity contribution in [2.45, 2.75) is 11.4 Å². The number of sulfonamides is 1. The summed E-state index contributed by atoms with van der Waals surface area (Å²) in [7, 11) is -1.21. The van der Waals surface area contributed by atoms with Gasteiger partial charge in [-0.05, 0) is 35.9 Å². The van der Waals surface area contributed by atoms with E-state index < -0.39 is 22.5 Å². The molecule has 0 saturated heterocycles. The lowest BCUT2D eigenvalue weighted by atomic mass is 10.1. The number of aromatic nitrogens is 2. The highest BCUT2D eigenvalue weighted by Gasteiger charge is 2.28. The Morgan fingerprint density at radius 3 is 2.39 bits per heavy atom. The standard InChI is InChI=1S/C26H26N4O5S/c1-34-24-13-12-22(16-25(24)35-2)36(32,33)30(21-9-4-3-5-10-21)18-26(31)28-17-20-8-6-7-11-23(20)29-15-14-27-19-29/h3-16,19H,17-18H2,1-2H3,(H,28,31). The first-order valence-corrected chi connectivity index (χ1v) is 12.5. The van der Waals surface area contributed by atoms with Crippen LogP contribution in [0.1, 0.15) is 5.56 Å². The Hall–Kier alpha value is -4.31. The summed E-state index contributed by atoms with van der Waals surface area (Å²) in [6, 6.07) is 20.4. The number of hydrogen-bond donors (Lipinski definition) is 1. The number of amides is 1. The average molecular weight is 507 g/mol. The number of anilines is 1. The van der Waals surface area contributed by atoms with E-state index >= 15 is 0 Å². The first kappa shape index (κ1) is 24.8. The number of para-hydroxylation sites is 2. The number of benzene rings is 3. The minimum Gasteiger partial charge on any atom is -0.493 e. The molecule has 0 unspecified atom stereocenters. The molecule has 186 valence electrons. The average Bonchev–Trinajstić information content (AvgIpc) is 3.45. The molecule has 0 spiro atoms. The molecule has 0 atom stereocenters. The van der Waals surface area contributed by atoms with Crippen molar-refractivity contribution in [1.29, 1.82) is 0 Å². The monoisotopic (exact) mass is 506 g/mol. The van der Waals surface area contributed by atoms with Gasteiger partial charge in [0.2, 0.25) is 5.91 Å². The predicted molar refractivity (Wildman–Crippen MR) is 136 cm³/mol. The zero-order valence-corrected chi connectivity index (χ0v) is 20.7. The number of methoxy groups -OCH3 is 2. The van der Waals surface area contributed by atoms with Crippen LogP contribution in [0.5, 0.6) is 11.5 Å². The molecular weight excluding hydrogens is 480 g/mol. The molecule has 0 aliphatic rings. The highest BCUT2D eigenvalue weighted by atomic mass is 32.2. The Morgan fingerprint density at radius 2 is 1.69 bits per heavy atom. The first-order valence-electron chi connectivity index (χ1n) is 11.1. The van der Waals surface area contributed by atoms with Crippen LogP contribution in [0.3, 0.4) is 0 Å². The number of nitrogens with one attached hydrogen (secondary N) is 1. The van der Waals surface area contributed by atoms with Crippen LogP contribution in [0.15, 0.2) is 96.4 Å². The van der Waals surface area contributed by atoms with Gasteiger partial charge in [-0.2, -0.15) is 0 Å². The molecule has 0 saturated carbocycles. The Labute approximate surface area is 210 Å². The fourth-order valence-electron chi connectivity index (χ4n) is 3.71. The summed E-state index contributed by atoms with van der Waals surface area (Å²) in [6.07, 6.45) is 5.16. The van der Waals surface area contributed by atoms with Crippen LogP contribution < -0.4 is 19.1 Å². The molecule has 10 heteroatoms. The Bertz CT molecular complexity index is 1420. The van der Waals surface area contributed by atoms with Crippen molar-refractivity contribution in [2.75, 3.05) is 25.1 Å². The fraction of sp³-hybridized carbons (Fsp3) is 0.154. The molecule has 0 fully saturated rings. The van der Waals surface area contributed by atoms with Gasteiger partial charge in [0.05, 0.1) is 36.8 Å². The highest BCUT2D eigenvalue weighted by molar-refractivity contribution is 7.92. The van der Waals surface area contributed by atoms with Gasteiger partial charge in [0, 0.05) is 25.0 Å². The van der Waals surface area contributed by atoms with E-state index in [0.717, 1.165) is 15.6 Å². The van der Waals surface area contributed by atoms with Crippen LogP contribution in [0.4, 0.5) is 5.69 Å². The molecular formula is C26H26N4O5S. The van der Waals surface area contributed by atoms with Crippen LogP contribution in [0, 0.1) is 0 Å². The number of rotatable bonds is 10. The summed E-state index contributed by atoms with van der Waals surface area (Å²) in [5.41, 5.74) is 2.09. The Morgan fingerprint density at radius 1 is 0.972 bits per heavy atom. The number of carbonyl (C=O) groups excluding carboxylic acids is 1. The van der Waals surface area contributed by atoms with Gasteiger partial charge in [-0.25, -0.2) is 13.4 Å². The Balaban J connectivity index is 1.59. The third-order valence-corrected chi connectivity index (χ3v) is 7.29. The summed E-state index contributed by atoms with van der Waals surface area (Å²) >= 11 is 0. The minimum atomic E-state index is -4.11. The van der Waals surface area contributed by atoms with E-state index in [9.17, 15) is 13.2 Å². The lowest BCUT2D eigenvalue weighted by Crippen LogP contribution is -2.40. The van der Waals surface area contributed by atoms with Crippen molar-refractivity contribution < 1.29 is 22.7 Å². The van der Waals surface area contributed by atoms with Gasteiger partial charge in [-0.3, -0.25) is 9.10 Å². The van der Waals surface area contributed by atoms with E-state index in [2.05, 4.69) is 10.3 Å². The molecule has 0 bridgehead atoms. The molecule has 9 nitrogen and oxygen atoms in total. The van der Waals surface area contributed by atoms with E-state index in [1.165, 1.54) is 32.4 Å². The van der Waals surface area contributed by atoms with Crippen molar-refractivity contribution in [3.63, 3.8) is 0 Å². The number of ether oxygens (including phenoxy) is 2. The molecule has 3 aromatic carbocycles.